The van der Waals surface area contributed by atoms with Gasteiger partial charge in [0.15, 0.2) is 0 Å². The summed E-state index contributed by atoms with van der Waals surface area (Å²) in [5.41, 5.74) is 2.19. The van der Waals surface area contributed by atoms with Crippen LogP contribution >= 0.6 is 0 Å². The monoisotopic (exact) mass is 352 g/mol. The fraction of sp³-hybridized carbons (Fsp3) is 0.300. The van der Waals surface area contributed by atoms with E-state index in [-0.39, 0.29) is 5.91 Å². The molecule has 6 nitrogen and oxygen atoms in total. The molecule has 3 rings (SSSR count). The van der Waals surface area contributed by atoms with Crippen molar-refractivity contribution in [1.82, 2.24) is 19.6 Å². The molecule has 136 valence electrons. The SMILES string of the molecule is CN(CC(=O)N(Cc1ccccc1)Cc1ccco1)Cc1cnn(C)c1. The topological polar surface area (TPSA) is 54.5 Å². The summed E-state index contributed by atoms with van der Waals surface area (Å²) in [6.07, 6.45) is 5.42. The van der Waals surface area contributed by atoms with E-state index in [4.69, 9.17) is 4.42 Å². The fourth-order valence-corrected chi connectivity index (χ4v) is 2.88. The van der Waals surface area contributed by atoms with E-state index in [1.54, 1.807) is 10.9 Å². The average molecular weight is 352 g/mol. The van der Waals surface area contributed by atoms with Gasteiger partial charge in [-0.3, -0.25) is 14.4 Å². The predicted molar refractivity (Wildman–Crippen MR) is 98.9 cm³/mol. The summed E-state index contributed by atoms with van der Waals surface area (Å²) in [6, 6.07) is 13.7. The summed E-state index contributed by atoms with van der Waals surface area (Å²) < 4.78 is 7.20. The van der Waals surface area contributed by atoms with Crippen molar-refractivity contribution in [1.29, 1.82) is 0 Å². The standard InChI is InChI=1S/C20H24N4O2/c1-22(12-18-11-21-23(2)13-18)16-20(25)24(15-19-9-6-10-26-19)14-17-7-4-3-5-8-17/h3-11,13H,12,14-16H2,1-2H3. The van der Waals surface area contributed by atoms with Crippen LogP contribution in [0.2, 0.25) is 0 Å². The number of furan rings is 1. The second-order valence-electron chi connectivity index (χ2n) is 6.51. The Morgan fingerprint density at radius 2 is 1.88 bits per heavy atom. The fourth-order valence-electron chi connectivity index (χ4n) is 2.88. The van der Waals surface area contributed by atoms with Gasteiger partial charge in [-0.05, 0) is 24.7 Å². The van der Waals surface area contributed by atoms with Crippen LogP contribution in [0, 0.1) is 0 Å². The normalized spacial score (nSPS) is 11.0. The lowest BCUT2D eigenvalue weighted by atomic mass is 10.2. The van der Waals surface area contributed by atoms with Gasteiger partial charge in [0.2, 0.25) is 5.91 Å². The molecule has 0 N–H and O–H groups in total. The quantitative estimate of drug-likeness (QED) is 0.625. The number of likely N-dealkylation sites (N-methyl/N-ethyl adjacent to an activating group) is 1. The van der Waals surface area contributed by atoms with Crippen molar-refractivity contribution in [2.24, 2.45) is 7.05 Å². The van der Waals surface area contributed by atoms with Gasteiger partial charge in [-0.1, -0.05) is 30.3 Å². The first kappa shape index (κ1) is 17.9. The van der Waals surface area contributed by atoms with E-state index >= 15 is 0 Å². The Morgan fingerprint density at radius 1 is 1.08 bits per heavy atom. The molecule has 3 aromatic rings. The molecule has 2 aromatic heterocycles. The Kier molecular flexibility index (Phi) is 5.86. The summed E-state index contributed by atoms with van der Waals surface area (Å²) in [7, 11) is 3.83. The summed E-state index contributed by atoms with van der Waals surface area (Å²) in [6.45, 7) is 2.03. The van der Waals surface area contributed by atoms with Crippen LogP contribution in [0.5, 0.6) is 0 Å². The molecule has 0 saturated carbocycles. The highest BCUT2D eigenvalue weighted by Gasteiger charge is 2.18. The van der Waals surface area contributed by atoms with Crippen molar-refractivity contribution in [3.8, 4) is 0 Å². The zero-order valence-electron chi connectivity index (χ0n) is 15.2. The first-order valence-electron chi connectivity index (χ1n) is 8.60. The lowest BCUT2D eigenvalue weighted by Crippen LogP contribution is -2.38. The highest BCUT2D eigenvalue weighted by atomic mass is 16.3. The summed E-state index contributed by atoms with van der Waals surface area (Å²) in [4.78, 5) is 16.7. The number of hydrogen-bond donors (Lipinski definition) is 0. The van der Waals surface area contributed by atoms with Gasteiger partial charge in [0.25, 0.3) is 0 Å². The van der Waals surface area contributed by atoms with E-state index < -0.39 is 0 Å². The van der Waals surface area contributed by atoms with Crippen LogP contribution < -0.4 is 0 Å². The van der Waals surface area contributed by atoms with Gasteiger partial charge >= 0.3 is 0 Å². The number of amides is 1. The summed E-state index contributed by atoms with van der Waals surface area (Å²) in [5, 5.41) is 4.17. The van der Waals surface area contributed by atoms with Crippen molar-refractivity contribution in [3.63, 3.8) is 0 Å². The van der Waals surface area contributed by atoms with Gasteiger partial charge in [0.05, 0.1) is 25.5 Å². The molecule has 0 saturated heterocycles. The number of aromatic nitrogens is 2. The van der Waals surface area contributed by atoms with E-state index in [9.17, 15) is 4.79 Å². The molecular weight excluding hydrogens is 328 g/mol. The van der Waals surface area contributed by atoms with Crippen LogP contribution in [0.25, 0.3) is 0 Å². The van der Waals surface area contributed by atoms with Crippen LogP contribution in [0.1, 0.15) is 16.9 Å². The summed E-state index contributed by atoms with van der Waals surface area (Å²) in [5.74, 6) is 0.848. The molecule has 26 heavy (non-hydrogen) atoms. The third kappa shape index (κ3) is 5.07. The van der Waals surface area contributed by atoms with Crippen molar-refractivity contribution in [2.45, 2.75) is 19.6 Å². The van der Waals surface area contributed by atoms with E-state index in [0.717, 1.165) is 16.9 Å². The van der Waals surface area contributed by atoms with E-state index in [0.29, 0.717) is 26.2 Å². The van der Waals surface area contributed by atoms with Gasteiger partial charge in [0.1, 0.15) is 5.76 Å². The van der Waals surface area contributed by atoms with Crippen molar-refractivity contribution in [2.75, 3.05) is 13.6 Å². The van der Waals surface area contributed by atoms with E-state index in [1.807, 2.05) is 78.8 Å². The Hall–Kier alpha value is -2.86. The molecule has 2 heterocycles. The Balaban J connectivity index is 1.65. The first-order valence-corrected chi connectivity index (χ1v) is 8.60. The maximum Gasteiger partial charge on any atom is 0.237 e. The number of benzene rings is 1. The minimum atomic E-state index is 0.0663. The molecule has 0 spiro atoms. The number of hydrogen-bond acceptors (Lipinski definition) is 4. The molecule has 1 aromatic carbocycles. The second kappa shape index (κ2) is 8.49. The summed E-state index contributed by atoms with van der Waals surface area (Å²) >= 11 is 0. The average Bonchev–Trinajstić information content (AvgIpc) is 3.27. The number of rotatable bonds is 8. The second-order valence-corrected chi connectivity index (χ2v) is 6.51. The van der Waals surface area contributed by atoms with Gasteiger partial charge in [-0.15, -0.1) is 0 Å². The lowest BCUT2D eigenvalue weighted by Gasteiger charge is -2.25. The molecule has 6 heteroatoms. The largest absolute Gasteiger partial charge is 0.467 e. The van der Waals surface area contributed by atoms with Crippen molar-refractivity contribution >= 4 is 5.91 Å². The molecule has 0 bridgehead atoms. The maximum atomic E-state index is 12.9. The van der Waals surface area contributed by atoms with Gasteiger partial charge in [-0.25, -0.2) is 0 Å². The molecule has 0 aliphatic rings. The lowest BCUT2D eigenvalue weighted by molar-refractivity contribution is -0.133. The van der Waals surface area contributed by atoms with Crippen LogP contribution in [-0.2, 0) is 31.5 Å². The molecule has 0 atom stereocenters. The Labute approximate surface area is 153 Å². The van der Waals surface area contributed by atoms with Gasteiger partial charge < -0.3 is 9.32 Å². The molecule has 0 aliphatic carbocycles. The van der Waals surface area contributed by atoms with E-state index in [2.05, 4.69) is 5.10 Å². The maximum absolute atomic E-state index is 12.9. The zero-order chi connectivity index (χ0) is 18.4. The number of carbonyl (C=O) groups is 1. The molecule has 0 aliphatic heterocycles. The smallest absolute Gasteiger partial charge is 0.237 e. The molecule has 0 radical (unpaired) electrons. The zero-order valence-corrected chi connectivity index (χ0v) is 15.2. The minimum absolute atomic E-state index is 0.0663. The van der Waals surface area contributed by atoms with Gasteiger partial charge in [0, 0.05) is 31.9 Å². The van der Waals surface area contributed by atoms with Crippen molar-refractivity contribution in [3.05, 3.63) is 78.0 Å². The molecule has 1 amide bonds. The Bertz CT molecular complexity index is 811. The van der Waals surface area contributed by atoms with Crippen molar-refractivity contribution < 1.29 is 9.21 Å². The van der Waals surface area contributed by atoms with Gasteiger partial charge in [-0.2, -0.15) is 5.10 Å². The number of nitrogens with zero attached hydrogens (tertiary/aromatic N) is 4. The highest BCUT2D eigenvalue weighted by molar-refractivity contribution is 5.78. The first-order chi connectivity index (χ1) is 12.6. The Morgan fingerprint density at radius 3 is 2.54 bits per heavy atom. The van der Waals surface area contributed by atoms with Crippen LogP contribution in [0.3, 0.4) is 0 Å². The van der Waals surface area contributed by atoms with Crippen LogP contribution in [0.4, 0.5) is 0 Å². The third-order valence-corrected chi connectivity index (χ3v) is 4.11. The number of carbonyl (C=O) groups excluding carboxylic acids is 1. The molecule has 0 unspecified atom stereocenters. The van der Waals surface area contributed by atoms with E-state index in [1.165, 1.54) is 0 Å². The molecular formula is C20H24N4O2. The number of aryl methyl sites for hydroxylation is 1. The molecule has 0 fully saturated rings. The highest BCUT2D eigenvalue weighted by Crippen LogP contribution is 2.12. The van der Waals surface area contributed by atoms with Crippen LogP contribution in [0.15, 0.2) is 65.5 Å². The van der Waals surface area contributed by atoms with Crippen LogP contribution in [-0.4, -0.2) is 39.1 Å². The third-order valence-electron chi connectivity index (χ3n) is 4.11. The predicted octanol–water partition coefficient (Wildman–Crippen LogP) is 2.67. The minimum Gasteiger partial charge on any atom is -0.467 e.